The Balaban J connectivity index is 1.46. The molecule has 0 radical (unpaired) electrons. The average molecular weight is 377 g/mol. The van der Waals surface area contributed by atoms with E-state index in [9.17, 15) is 14.4 Å². The van der Waals surface area contributed by atoms with Gasteiger partial charge in [0, 0.05) is 5.56 Å². The quantitative estimate of drug-likeness (QED) is 0.583. The van der Waals surface area contributed by atoms with E-state index in [0.29, 0.717) is 17.0 Å². The van der Waals surface area contributed by atoms with Gasteiger partial charge in [0.25, 0.3) is 0 Å². The Morgan fingerprint density at radius 3 is 2.07 bits per heavy atom. The molecule has 144 valence electrons. The second-order valence-electron chi connectivity index (χ2n) is 7.49. The molecule has 5 nitrogen and oxygen atoms in total. The summed E-state index contributed by atoms with van der Waals surface area (Å²) in [5.41, 5.74) is 1.17. The second-order valence-corrected chi connectivity index (χ2v) is 7.49. The van der Waals surface area contributed by atoms with Gasteiger partial charge in [0.2, 0.25) is 17.6 Å². The van der Waals surface area contributed by atoms with Crippen molar-refractivity contribution in [1.29, 1.82) is 0 Å². The molecule has 1 heterocycles. The molecule has 4 rings (SSSR count). The van der Waals surface area contributed by atoms with Crippen LogP contribution in [-0.4, -0.2) is 23.7 Å². The van der Waals surface area contributed by atoms with E-state index < -0.39 is 6.10 Å². The first kappa shape index (κ1) is 18.4. The molecule has 1 aliphatic carbocycles. The van der Waals surface area contributed by atoms with Gasteiger partial charge in [0.05, 0.1) is 17.5 Å². The zero-order chi connectivity index (χ0) is 19.7. The summed E-state index contributed by atoms with van der Waals surface area (Å²) in [5, 5.41) is 0. The van der Waals surface area contributed by atoms with Gasteiger partial charge in [0.15, 0.2) is 6.10 Å². The normalized spacial score (nSPS) is 22.7. The molecule has 2 fully saturated rings. The maximum atomic E-state index is 12.7. The molecule has 1 saturated carbocycles. The van der Waals surface area contributed by atoms with Crippen molar-refractivity contribution in [3.63, 3.8) is 0 Å². The predicted molar refractivity (Wildman–Crippen MR) is 105 cm³/mol. The molecular formula is C23H23NO4. The van der Waals surface area contributed by atoms with Crippen LogP contribution in [0.1, 0.15) is 43.0 Å². The van der Waals surface area contributed by atoms with Crippen molar-refractivity contribution in [2.45, 2.75) is 38.7 Å². The summed E-state index contributed by atoms with van der Waals surface area (Å²) < 4.78 is 5.76. The summed E-state index contributed by atoms with van der Waals surface area (Å²) in [6.45, 7) is 1.71. The number of carbonyl (C=O) groups excluding carboxylic acids is 3. The number of fused-ring (bicyclic) bond motifs is 1. The lowest BCUT2D eigenvalue weighted by molar-refractivity contribution is -0.122. The van der Waals surface area contributed by atoms with E-state index in [-0.39, 0.29) is 29.4 Å². The van der Waals surface area contributed by atoms with Gasteiger partial charge in [-0.25, -0.2) is 0 Å². The SMILES string of the molecule is CC(Oc1ccc(N2C(=O)C3CCCCC3C2=O)cc1)C(=O)c1ccccc1. The third-order valence-electron chi connectivity index (χ3n) is 5.68. The van der Waals surface area contributed by atoms with Crippen molar-refractivity contribution in [3.8, 4) is 5.75 Å². The Morgan fingerprint density at radius 1 is 0.929 bits per heavy atom. The number of imide groups is 1. The lowest BCUT2D eigenvalue weighted by Gasteiger charge is -2.19. The van der Waals surface area contributed by atoms with Gasteiger partial charge < -0.3 is 4.74 Å². The molecule has 0 spiro atoms. The first-order valence-corrected chi connectivity index (χ1v) is 9.80. The highest BCUT2D eigenvalue weighted by atomic mass is 16.5. The predicted octanol–water partition coefficient (Wildman–Crippen LogP) is 4.02. The van der Waals surface area contributed by atoms with Crippen LogP contribution >= 0.6 is 0 Å². The van der Waals surface area contributed by atoms with Crippen LogP contribution in [0.3, 0.4) is 0 Å². The maximum absolute atomic E-state index is 12.7. The second kappa shape index (κ2) is 7.58. The standard InChI is InChI=1S/C23H23NO4/c1-15(21(25)16-7-3-2-4-8-16)28-18-13-11-17(12-14-18)24-22(26)19-9-5-6-10-20(19)23(24)27/h2-4,7-8,11-15,19-20H,5-6,9-10H2,1H3. The summed E-state index contributed by atoms with van der Waals surface area (Å²) in [6, 6.07) is 15.8. The molecule has 0 bridgehead atoms. The van der Waals surface area contributed by atoms with Crippen LogP contribution in [0.4, 0.5) is 5.69 Å². The van der Waals surface area contributed by atoms with E-state index >= 15 is 0 Å². The number of ether oxygens (including phenoxy) is 1. The third kappa shape index (κ3) is 3.33. The van der Waals surface area contributed by atoms with Crippen LogP contribution in [0.25, 0.3) is 0 Å². The van der Waals surface area contributed by atoms with Crippen LogP contribution in [0, 0.1) is 11.8 Å². The summed E-state index contributed by atoms with van der Waals surface area (Å²) in [4.78, 5) is 39.1. The molecule has 28 heavy (non-hydrogen) atoms. The van der Waals surface area contributed by atoms with Crippen molar-refractivity contribution in [2.24, 2.45) is 11.8 Å². The highest BCUT2D eigenvalue weighted by molar-refractivity contribution is 6.22. The number of amides is 2. The molecule has 2 aromatic rings. The van der Waals surface area contributed by atoms with Crippen molar-refractivity contribution in [1.82, 2.24) is 0 Å². The molecule has 5 heteroatoms. The van der Waals surface area contributed by atoms with E-state index in [1.165, 1.54) is 4.90 Å². The van der Waals surface area contributed by atoms with Gasteiger partial charge >= 0.3 is 0 Å². The fraction of sp³-hybridized carbons (Fsp3) is 0.348. The number of rotatable bonds is 5. The van der Waals surface area contributed by atoms with E-state index in [0.717, 1.165) is 25.7 Å². The number of benzene rings is 2. The molecule has 2 aromatic carbocycles. The number of Topliss-reactive ketones (excluding diaryl/α,β-unsaturated/α-hetero) is 1. The zero-order valence-electron chi connectivity index (χ0n) is 15.8. The largest absolute Gasteiger partial charge is 0.483 e. The first-order chi connectivity index (χ1) is 13.6. The number of anilines is 1. The molecule has 0 aromatic heterocycles. The lowest BCUT2D eigenvalue weighted by Crippen LogP contribution is -2.30. The zero-order valence-corrected chi connectivity index (χ0v) is 15.8. The monoisotopic (exact) mass is 377 g/mol. The summed E-state index contributed by atoms with van der Waals surface area (Å²) >= 11 is 0. The molecule has 3 unspecified atom stereocenters. The number of ketones is 1. The van der Waals surface area contributed by atoms with E-state index in [4.69, 9.17) is 4.74 Å². The smallest absolute Gasteiger partial charge is 0.237 e. The number of hydrogen-bond donors (Lipinski definition) is 0. The summed E-state index contributed by atoms with van der Waals surface area (Å²) in [5.74, 6) is -0.0796. The van der Waals surface area contributed by atoms with Gasteiger partial charge in [-0.1, -0.05) is 43.2 Å². The fourth-order valence-electron chi connectivity index (χ4n) is 4.19. The topological polar surface area (TPSA) is 63.7 Å². The minimum absolute atomic E-state index is 0.0870. The van der Waals surface area contributed by atoms with Gasteiger partial charge in [-0.2, -0.15) is 0 Å². The highest BCUT2D eigenvalue weighted by Gasteiger charge is 2.48. The van der Waals surface area contributed by atoms with Crippen molar-refractivity contribution in [3.05, 3.63) is 60.2 Å². The van der Waals surface area contributed by atoms with E-state index in [1.807, 2.05) is 18.2 Å². The molecular weight excluding hydrogens is 354 g/mol. The van der Waals surface area contributed by atoms with Crippen molar-refractivity contribution >= 4 is 23.3 Å². The molecule has 1 saturated heterocycles. The van der Waals surface area contributed by atoms with Crippen LogP contribution in [0.2, 0.25) is 0 Å². The Morgan fingerprint density at radius 2 is 1.50 bits per heavy atom. The number of hydrogen-bond acceptors (Lipinski definition) is 4. The number of nitrogens with zero attached hydrogens (tertiary/aromatic N) is 1. The van der Waals surface area contributed by atoms with Crippen LogP contribution in [0.15, 0.2) is 54.6 Å². The Hall–Kier alpha value is -2.95. The van der Waals surface area contributed by atoms with Gasteiger partial charge in [-0.05, 0) is 44.0 Å². The summed E-state index contributed by atoms with van der Waals surface area (Å²) in [7, 11) is 0. The number of carbonyl (C=O) groups is 3. The fourth-order valence-corrected chi connectivity index (χ4v) is 4.19. The Bertz CT molecular complexity index is 867. The Labute approximate surface area is 164 Å². The maximum Gasteiger partial charge on any atom is 0.237 e. The minimum atomic E-state index is -0.633. The van der Waals surface area contributed by atoms with Crippen LogP contribution in [-0.2, 0) is 9.59 Å². The Kier molecular flexibility index (Phi) is 4.99. The molecule has 1 aliphatic heterocycles. The van der Waals surface area contributed by atoms with Gasteiger partial charge in [0.1, 0.15) is 5.75 Å². The van der Waals surface area contributed by atoms with Crippen LogP contribution in [0.5, 0.6) is 5.75 Å². The highest BCUT2D eigenvalue weighted by Crippen LogP contribution is 2.40. The molecule has 2 aliphatic rings. The van der Waals surface area contributed by atoms with Crippen LogP contribution < -0.4 is 9.64 Å². The minimum Gasteiger partial charge on any atom is -0.483 e. The molecule has 3 atom stereocenters. The van der Waals surface area contributed by atoms with Gasteiger partial charge in [-0.3, -0.25) is 19.3 Å². The van der Waals surface area contributed by atoms with E-state index in [1.54, 1.807) is 43.3 Å². The lowest BCUT2D eigenvalue weighted by atomic mass is 9.81. The van der Waals surface area contributed by atoms with Crippen molar-refractivity contribution in [2.75, 3.05) is 4.90 Å². The first-order valence-electron chi connectivity index (χ1n) is 9.80. The van der Waals surface area contributed by atoms with Crippen molar-refractivity contribution < 1.29 is 19.1 Å². The van der Waals surface area contributed by atoms with E-state index in [2.05, 4.69) is 0 Å². The third-order valence-corrected chi connectivity index (χ3v) is 5.68. The summed E-state index contributed by atoms with van der Waals surface area (Å²) in [6.07, 6.45) is 2.98. The molecule has 2 amide bonds. The van der Waals surface area contributed by atoms with Gasteiger partial charge in [-0.15, -0.1) is 0 Å². The average Bonchev–Trinajstić information content (AvgIpc) is 2.99. The molecule has 0 N–H and O–H groups in total.